The van der Waals surface area contributed by atoms with Crippen molar-refractivity contribution in [1.82, 2.24) is 5.06 Å². The molecule has 2 heteroatoms. The van der Waals surface area contributed by atoms with Crippen molar-refractivity contribution in [3.05, 3.63) is 36.0 Å². The van der Waals surface area contributed by atoms with Crippen LogP contribution in [0, 0.1) is 5.92 Å². The molecule has 0 saturated heterocycles. The molecule has 1 aliphatic carbocycles. The summed E-state index contributed by atoms with van der Waals surface area (Å²) in [6, 6.07) is 0.0361. The van der Waals surface area contributed by atoms with Gasteiger partial charge in [-0.25, -0.2) is 0 Å². The Balaban J connectivity index is 3.01. The lowest BCUT2D eigenvalue weighted by Crippen LogP contribution is -2.48. The molecule has 0 radical (unpaired) electrons. The molecule has 0 saturated carbocycles. The van der Waals surface area contributed by atoms with Crippen molar-refractivity contribution in [2.24, 2.45) is 5.92 Å². The maximum Gasteiger partial charge on any atom is 0.0628 e. The van der Waals surface area contributed by atoms with Gasteiger partial charge in [0.05, 0.1) is 6.04 Å². The summed E-state index contributed by atoms with van der Waals surface area (Å²) in [7, 11) is 0. The van der Waals surface area contributed by atoms with Crippen LogP contribution in [0.2, 0.25) is 0 Å². The Hall–Kier alpha value is -0.860. The van der Waals surface area contributed by atoms with Gasteiger partial charge in [-0.2, -0.15) is 5.06 Å². The molecule has 1 atom stereocenters. The Labute approximate surface area is 105 Å². The second kappa shape index (κ2) is 5.65. The second-order valence-corrected chi connectivity index (χ2v) is 5.94. The summed E-state index contributed by atoms with van der Waals surface area (Å²) < 4.78 is 0. The first kappa shape index (κ1) is 14.2. The highest BCUT2D eigenvalue weighted by Gasteiger charge is 2.31. The van der Waals surface area contributed by atoms with Gasteiger partial charge >= 0.3 is 0 Å². The molecule has 0 aromatic carbocycles. The van der Waals surface area contributed by atoms with Gasteiger partial charge in [0.25, 0.3) is 0 Å². The highest BCUT2D eigenvalue weighted by molar-refractivity contribution is 5.32. The van der Waals surface area contributed by atoms with Crippen molar-refractivity contribution >= 4 is 0 Å². The van der Waals surface area contributed by atoms with E-state index in [0.717, 1.165) is 6.42 Å². The van der Waals surface area contributed by atoms with E-state index in [1.807, 2.05) is 20.8 Å². The van der Waals surface area contributed by atoms with Crippen LogP contribution in [-0.2, 0) is 0 Å². The van der Waals surface area contributed by atoms with Crippen LogP contribution in [0.3, 0.4) is 0 Å². The minimum absolute atomic E-state index is 0.0361. The Morgan fingerprint density at radius 3 is 2.41 bits per heavy atom. The number of hydrogen-bond donors (Lipinski definition) is 1. The molecule has 0 aromatic rings. The molecule has 1 rings (SSSR count). The standard InChI is InChI=1S/C15H25NO/c1-12(2)14(16(17)15(3,4)5)13-10-8-6-7-9-11-13/h6,8-12,14,17H,7H2,1-5H3. The van der Waals surface area contributed by atoms with Crippen LogP contribution in [0.15, 0.2) is 36.0 Å². The summed E-state index contributed by atoms with van der Waals surface area (Å²) in [6.07, 6.45) is 11.5. The Kier molecular flexibility index (Phi) is 4.72. The molecule has 2 nitrogen and oxygen atoms in total. The molecule has 0 heterocycles. The number of nitrogens with zero attached hydrogens (tertiary/aromatic N) is 1. The normalized spacial score (nSPS) is 18.5. The van der Waals surface area contributed by atoms with Gasteiger partial charge in [-0.3, -0.25) is 0 Å². The molecule has 17 heavy (non-hydrogen) atoms. The van der Waals surface area contributed by atoms with E-state index in [4.69, 9.17) is 0 Å². The first-order chi connectivity index (χ1) is 7.84. The zero-order valence-corrected chi connectivity index (χ0v) is 11.6. The van der Waals surface area contributed by atoms with Crippen LogP contribution in [-0.4, -0.2) is 21.9 Å². The van der Waals surface area contributed by atoms with Crippen LogP contribution < -0.4 is 0 Å². The van der Waals surface area contributed by atoms with Gasteiger partial charge in [0, 0.05) is 5.54 Å². The highest BCUT2D eigenvalue weighted by Crippen LogP contribution is 2.26. The Morgan fingerprint density at radius 1 is 1.24 bits per heavy atom. The van der Waals surface area contributed by atoms with Crippen molar-refractivity contribution in [3.8, 4) is 0 Å². The second-order valence-electron chi connectivity index (χ2n) is 5.94. The largest absolute Gasteiger partial charge is 0.313 e. The third kappa shape index (κ3) is 3.83. The smallest absolute Gasteiger partial charge is 0.0628 e. The number of hydrogen-bond acceptors (Lipinski definition) is 2. The maximum atomic E-state index is 10.4. The molecule has 0 aromatic heterocycles. The van der Waals surface area contributed by atoms with E-state index in [1.165, 1.54) is 10.6 Å². The van der Waals surface area contributed by atoms with E-state index in [1.54, 1.807) is 0 Å². The van der Waals surface area contributed by atoms with E-state index in [-0.39, 0.29) is 11.6 Å². The summed E-state index contributed by atoms with van der Waals surface area (Å²) in [4.78, 5) is 0. The minimum atomic E-state index is -0.250. The van der Waals surface area contributed by atoms with Crippen LogP contribution in [0.1, 0.15) is 41.0 Å². The van der Waals surface area contributed by atoms with Crippen LogP contribution in [0.25, 0.3) is 0 Å². The zero-order valence-electron chi connectivity index (χ0n) is 11.6. The van der Waals surface area contributed by atoms with Gasteiger partial charge in [0.15, 0.2) is 0 Å². The molecular formula is C15H25NO. The molecular weight excluding hydrogens is 210 g/mol. The third-order valence-electron chi connectivity index (χ3n) is 2.93. The fourth-order valence-electron chi connectivity index (χ4n) is 2.02. The van der Waals surface area contributed by atoms with Gasteiger partial charge < -0.3 is 5.21 Å². The lowest BCUT2D eigenvalue weighted by atomic mass is 9.91. The van der Waals surface area contributed by atoms with Gasteiger partial charge in [-0.1, -0.05) is 44.2 Å². The van der Waals surface area contributed by atoms with Gasteiger partial charge in [0.2, 0.25) is 0 Å². The van der Waals surface area contributed by atoms with Crippen molar-refractivity contribution in [1.29, 1.82) is 0 Å². The van der Waals surface area contributed by atoms with E-state index in [9.17, 15) is 5.21 Å². The molecule has 1 aliphatic rings. The average molecular weight is 235 g/mol. The number of hydroxylamine groups is 2. The average Bonchev–Trinajstić information content (AvgIpc) is 2.44. The fourth-order valence-corrected chi connectivity index (χ4v) is 2.02. The van der Waals surface area contributed by atoms with Gasteiger partial charge in [-0.05, 0) is 38.7 Å². The monoisotopic (exact) mass is 235 g/mol. The summed E-state index contributed by atoms with van der Waals surface area (Å²) in [5.41, 5.74) is 0.922. The van der Waals surface area contributed by atoms with Crippen molar-refractivity contribution in [3.63, 3.8) is 0 Å². The van der Waals surface area contributed by atoms with Crippen LogP contribution in [0.4, 0.5) is 0 Å². The highest BCUT2D eigenvalue weighted by atomic mass is 16.5. The van der Waals surface area contributed by atoms with Crippen molar-refractivity contribution in [2.75, 3.05) is 0 Å². The summed E-state index contributed by atoms with van der Waals surface area (Å²) in [6.45, 7) is 10.4. The SMILES string of the molecule is CC(C)C(C1=CC=CCC=C1)N(O)C(C)(C)C. The molecule has 1 unspecified atom stereocenters. The number of rotatable bonds is 3. The summed E-state index contributed by atoms with van der Waals surface area (Å²) >= 11 is 0. The van der Waals surface area contributed by atoms with E-state index >= 15 is 0 Å². The molecule has 96 valence electrons. The van der Waals surface area contributed by atoms with Crippen molar-refractivity contribution < 1.29 is 5.21 Å². The van der Waals surface area contributed by atoms with Crippen LogP contribution >= 0.6 is 0 Å². The minimum Gasteiger partial charge on any atom is -0.313 e. The first-order valence-electron chi connectivity index (χ1n) is 6.35. The molecule has 0 amide bonds. The Bertz CT molecular complexity index is 331. The predicted octanol–water partition coefficient (Wildman–Crippen LogP) is 3.94. The van der Waals surface area contributed by atoms with Crippen LogP contribution in [0.5, 0.6) is 0 Å². The quantitative estimate of drug-likeness (QED) is 0.749. The van der Waals surface area contributed by atoms with E-state index in [2.05, 4.69) is 44.2 Å². The maximum absolute atomic E-state index is 10.4. The fraction of sp³-hybridized carbons (Fsp3) is 0.600. The zero-order chi connectivity index (χ0) is 13.1. The predicted molar refractivity (Wildman–Crippen MR) is 73.0 cm³/mol. The van der Waals surface area contributed by atoms with Gasteiger partial charge in [-0.15, -0.1) is 0 Å². The van der Waals surface area contributed by atoms with E-state index < -0.39 is 0 Å². The Morgan fingerprint density at radius 2 is 1.88 bits per heavy atom. The third-order valence-corrected chi connectivity index (χ3v) is 2.93. The lowest BCUT2D eigenvalue weighted by Gasteiger charge is -2.39. The molecule has 0 spiro atoms. The topological polar surface area (TPSA) is 23.5 Å². The van der Waals surface area contributed by atoms with Gasteiger partial charge in [0.1, 0.15) is 0 Å². The molecule has 0 fully saturated rings. The van der Waals surface area contributed by atoms with Crippen molar-refractivity contribution in [2.45, 2.75) is 52.6 Å². The number of allylic oxidation sites excluding steroid dienone is 4. The summed E-state index contributed by atoms with van der Waals surface area (Å²) in [5, 5.41) is 11.9. The lowest BCUT2D eigenvalue weighted by molar-refractivity contribution is -0.186. The molecule has 1 N–H and O–H groups in total. The van der Waals surface area contributed by atoms with E-state index in [0.29, 0.717) is 5.92 Å². The molecule has 0 bridgehead atoms. The molecule has 0 aliphatic heterocycles. The first-order valence-corrected chi connectivity index (χ1v) is 6.35. The summed E-state index contributed by atoms with van der Waals surface area (Å²) in [5.74, 6) is 0.363.